The highest BCUT2D eigenvalue weighted by atomic mass is 16.5. The minimum atomic E-state index is -0.0153. The Morgan fingerprint density at radius 1 is 1.48 bits per heavy atom. The van der Waals surface area contributed by atoms with Crippen molar-refractivity contribution in [3.05, 3.63) is 12.1 Å². The molecule has 0 aliphatic heterocycles. The van der Waals surface area contributed by atoms with Gasteiger partial charge in [-0.1, -0.05) is 0 Å². The predicted octanol–water partition coefficient (Wildman–Crippen LogP) is 1.41. The van der Waals surface area contributed by atoms with Crippen LogP contribution in [0.4, 0.5) is 11.5 Å². The Morgan fingerprint density at radius 3 is 2.86 bits per heavy atom. The Morgan fingerprint density at radius 2 is 2.24 bits per heavy atom. The molecule has 0 unspecified atom stereocenters. The SMILES string of the molecule is CCNC(=O)CN(CC)c1ccc(N)c(OCC2CC2)n1. The molecule has 6 heteroatoms. The highest BCUT2D eigenvalue weighted by molar-refractivity contribution is 5.81. The molecule has 0 aromatic carbocycles. The molecular weight excluding hydrogens is 268 g/mol. The van der Waals surface area contributed by atoms with E-state index in [1.807, 2.05) is 24.8 Å². The van der Waals surface area contributed by atoms with Crippen LogP contribution in [0.5, 0.6) is 5.88 Å². The Bertz CT molecular complexity index is 489. The lowest BCUT2D eigenvalue weighted by Crippen LogP contribution is -2.37. The average molecular weight is 292 g/mol. The van der Waals surface area contributed by atoms with Crippen molar-refractivity contribution >= 4 is 17.4 Å². The molecule has 0 spiro atoms. The lowest BCUT2D eigenvalue weighted by Gasteiger charge is -2.22. The van der Waals surface area contributed by atoms with E-state index in [1.165, 1.54) is 12.8 Å². The molecule has 1 fully saturated rings. The summed E-state index contributed by atoms with van der Waals surface area (Å²) in [6.45, 7) is 6.16. The number of rotatable bonds is 8. The molecular formula is C15H24N4O2. The maximum Gasteiger partial charge on any atom is 0.239 e. The number of carbonyl (C=O) groups excluding carboxylic acids is 1. The third-order valence-electron chi connectivity index (χ3n) is 3.44. The molecule has 2 rings (SSSR count). The van der Waals surface area contributed by atoms with Gasteiger partial charge in [0.1, 0.15) is 5.82 Å². The summed E-state index contributed by atoms with van der Waals surface area (Å²) in [4.78, 5) is 18.1. The van der Waals surface area contributed by atoms with E-state index in [4.69, 9.17) is 10.5 Å². The summed E-state index contributed by atoms with van der Waals surface area (Å²) in [5.41, 5.74) is 6.44. The normalized spacial score (nSPS) is 13.8. The molecule has 1 aliphatic rings. The van der Waals surface area contributed by atoms with Gasteiger partial charge in [0, 0.05) is 13.1 Å². The fourth-order valence-corrected chi connectivity index (χ4v) is 2.00. The molecule has 0 atom stereocenters. The molecule has 1 saturated carbocycles. The van der Waals surface area contributed by atoms with Crippen LogP contribution < -0.4 is 20.7 Å². The summed E-state index contributed by atoms with van der Waals surface area (Å²) in [5, 5.41) is 2.79. The number of carbonyl (C=O) groups is 1. The number of hydrogen-bond donors (Lipinski definition) is 2. The largest absolute Gasteiger partial charge is 0.476 e. The van der Waals surface area contributed by atoms with Gasteiger partial charge in [-0.2, -0.15) is 4.98 Å². The molecule has 1 amide bonds. The van der Waals surface area contributed by atoms with E-state index in [2.05, 4.69) is 10.3 Å². The fourth-order valence-electron chi connectivity index (χ4n) is 2.00. The van der Waals surface area contributed by atoms with E-state index in [9.17, 15) is 4.79 Å². The fraction of sp³-hybridized carbons (Fsp3) is 0.600. The van der Waals surface area contributed by atoms with Crippen molar-refractivity contribution in [3.8, 4) is 5.88 Å². The lowest BCUT2D eigenvalue weighted by molar-refractivity contribution is -0.119. The summed E-state index contributed by atoms with van der Waals surface area (Å²) in [5.74, 6) is 1.81. The van der Waals surface area contributed by atoms with Crippen LogP contribution in [0.15, 0.2) is 12.1 Å². The summed E-state index contributed by atoms with van der Waals surface area (Å²) in [6.07, 6.45) is 2.44. The van der Waals surface area contributed by atoms with Crippen LogP contribution in [-0.4, -0.2) is 37.1 Å². The molecule has 0 radical (unpaired) electrons. The predicted molar refractivity (Wildman–Crippen MR) is 83.4 cm³/mol. The number of nitrogens with zero attached hydrogens (tertiary/aromatic N) is 2. The van der Waals surface area contributed by atoms with E-state index >= 15 is 0 Å². The van der Waals surface area contributed by atoms with Crippen LogP contribution in [0.1, 0.15) is 26.7 Å². The highest BCUT2D eigenvalue weighted by Crippen LogP contribution is 2.31. The molecule has 0 bridgehead atoms. The van der Waals surface area contributed by atoms with Crippen molar-refractivity contribution in [2.45, 2.75) is 26.7 Å². The molecule has 1 heterocycles. The number of pyridine rings is 1. The van der Waals surface area contributed by atoms with Gasteiger partial charge < -0.3 is 20.7 Å². The zero-order chi connectivity index (χ0) is 15.2. The third kappa shape index (κ3) is 4.51. The van der Waals surface area contributed by atoms with Gasteiger partial charge in [0.2, 0.25) is 11.8 Å². The second kappa shape index (κ2) is 7.15. The molecule has 21 heavy (non-hydrogen) atoms. The third-order valence-corrected chi connectivity index (χ3v) is 3.44. The smallest absolute Gasteiger partial charge is 0.239 e. The van der Waals surface area contributed by atoms with Gasteiger partial charge in [-0.25, -0.2) is 0 Å². The Kier molecular flexibility index (Phi) is 5.25. The topological polar surface area (TPSA) is 80.5 Å². The second-order valence-electron chi connectivity index (χ2n) is 5.29. The summed E-state index contributed by atoms with van der Waals surface area (Å²) in [7, 11) is 0. The summed E-state index contributed by atoms with van der Waals surface area (Å²) >= 11 is 0. The van der Waals surface area contributed by atoms with Crippen LogP contribution in [0, 0.1) is 5.92 Å². The molecule has 1 aliphatic carbocycles. The zero-order valence-corrected chi connectivity index (χ0v) is 12.8. The summed E-state index contributed by atoms with van der Waals surface area (Å²) in [6, 6.07) is 3.60. The quantitative estimate of drug-likeness (QED) is 0.757. The van der Waals surface area contributed by atoms with Gasteiger partial charge in [0.05, 0.1) is 18.8 Å². The van der Waals surface area contributed by atoms with Gasteiger partial charge in [-0.05, 0) is 44.7 Å². The van der Waals surface area contributed by atoms with E-state index in [0.29, 0.717) is 43.0 Å². The first-order valence-corrected chi connectivity index (χ1v) is 7.55. The van der Waals surface area contributed by atoms with Crippen molar-refractivity contribution in [2.75, 3.05) is 36.9 Å². The number of nitrogen functional groups attached to an aromatic ring is 1. The lowest BCUT2D eigenvalue weighted by atomic mass is 10.3. The van der Waals surface area contributed by atoms with Crippen molar-refractivity contribution in [2.24, 2.45) is 5.92 Å². The minimum absolute atomic E-state index is 0.0153. The first-order valence-electron chi connectivity index (χ1n) is 7.55. The average Bonchev–Trinajstić information content (AvgIpc) is 3.28. The van der Waals surface area contributed by atoms with Gasteiger partial charge in [0.15, 0.2) is 0 Å². The Labute approximate surface area is 125 Å². The highest BCUT2D eigenvalue weighted by Gasteiger charge is 2.23. The Hall–Kier alpha value is -1.98. The van der Waals surface area contributed by atoms with Gasteiger partial charge in [0.25, 0.3) is 0 Å². The van der Waals surface area contributed by atoms with E-state index in [-0.39, 0.29) is 12.5 Å². The van der Waals surface area contributed by atoms with Crippen molar-refractivity contribution < 1.29 is 9.53 Å². The van der Waals surface area contributed by atoms with Gasteiger partial charge >= 0.3 is 0 Å². The van der Waals surface area contributed by atoms with E-state index < -0.39 is 0 Å². The zero-order valence-electron chi connectivity index (χ0n) is 12.8. The maximum absolute atomic E-state index is 11.7. The Balaban J connectivity index is 2.05. The molecule has 6 nitrogen and oxygen atoms in total. The maximum atomic E-state index is 11.7. The molecule has 3 N–H and O–H groups in total. The monoisotopic (exact) mass is 292 g/mol. The molecule has 0 saturated heterocycles. The van der Waals surface area contributed by atoms with E-state index in [1.54, 1.807) is 6.07 Å². The van der Waals surface area contributed by atoms with E-state index in [0.717, 1.165) is 0 Å². The molecule has 116 valence electrons. The standard InChI is InChI=1S/C15H24N4O2/c1-3-17-14(20)9-19(4-2)13-8-7-12(16)15(18-13)21-10-11-5-6-11/h7-8,11H,3-6,9-10,16H2,1-2H3,(H,17,20). The number of likely N-dealkylation sites (N-methyl/N-ethyl adjacent to an activating group) is 2. The number of amides is 1. The van der Waals surface area contributed by atoms with Crippen LogP contribution in [0.25, 0.3) is 0 Å². The van der Waals surface area contributed by atoms with Crippen LogP contribution in [0.2, 0.25) is 0 Å². The minimum Gasteiger partial charge on any atom is -0.476 e. The molecule has 1 aromatic heterocycles. The van der Waals surface area contributed by atoms with Crippen LogP contribution in [0.3, 0.4) is 0 Å². The number of nitrogens with one attached hydrogen (secondary N) is 1. The number of nitrogens with two attached hydrogens (primary N) is 1. The van der Waals surface area contributed by atoms with Crippen molar-refractivity contribution in [1.29, 1.82) is 0 Å². The second-order valence-corrected chi connectivity index (χ2v) is 5.29. The van der Waals surface area contributed by atoms with Crippen molar-refractivity contribution in [1.82, 2.24) is 10.3 Å². The van der Waals surface area contributed by atoms with Crippen molar-refractivity contribution in [3.63, 3.8) is 0 Å². The van der Waals surface area contributed by atoms with Crippen LogP contribution >= 0.6 is 0 Å². The summed E-state index contributed by atoms with van der Waals surface area (Å²) < 4.78 is 5.69. The van der Waals surface area contributed by atoms with Crippen LogP contribution in [-0.2, 0) is 4.79 Å². The first-order chi connectivity index (χ1) is 10.1. The van der Waals surface area contributed by atoms with Gasteiger partial charge in [-0.3, -0.25) is 4.79 Å². The number of anilines is 2. The van der Waals surface area contributed by atoms with Gasteiger partial charge in [-0.15, -0.1) is 0 Å². The first kappa shape index (κ1) is 15.4. The molecule has 1 aromatic rings. The number of ether oxygens (including phenoxy) is 1. The number of hydrogen-bond acceptors (Lipinski definition) is 5. The number of aromatic nitrogens is 1.